The first kappa shape index (κ1) is 12.7. The van der Waals surface area contributed by atoms with E-state index >= 15 is 0 Å². The Hall–Kier alpha value is -0.735. The minimum Gasteiger partial charge on any atom is -0.497 e. The highest BCUT2D eigenvalue weighted by atomic mass is 16.7. The summed E-state index contributed by atoms with van der Waals surface area (Å²) in [5.74, 6) is 0.904. The summed E-state index contributed by atoms with van der Waals surface area (Å²) in [5, 5.41) is 0. The van der Waals surface area contributed by atoms with Gasteiger partial charge < -0.3 is 14.0 Å². The molecule has 2 aliphatic rings. The molecule has 1 aliphatic heterocycles. The number of methoxy groups -OCH3 is 1. The van der Waals surface area contributed by atoms with E-state index in [-0.39, 0.29) is 18.3 Å². The second kappa shape index (κ2) is 4.18. The second-order valence-electron chi connectivity index (χ2n) is 5.66. The molecular formula is C13H21BO3. The molecule has 0 amide bonds. The molecule has 1 heterocycles. The van der Waals surface area contributed by atoms with Gasteiger partial charge in [-0.05, 0) is 58.2 Å². The molecule has 1 fully saturated rings. The minimum atomic E-state index is -0.271. The van der Waals surface area contributed by atoms with Crippen molar-refractivity contribution in [2.75, 3.05) is 7.11 Å². The van der Waals surface area contributed by atoms with E-state index in [0.717, 1.165) is 18.6 Å². The van der Waals surface area contributed by atoms with E-state index in [9.17, 15) is 0 Å². The highest BCUT2D eigenvalue weighted by Crippen LogP contribution is 2.39. The van der Waals surface area contributed by atoms with E-state index in [1.54, 1.807) is 7.11 Å². The maximum Gasteiger partial charge on any atom is 0.490 e. The van der Waals surface area contributed by atoms with E-state index in [1.165, 1.54) is 5.47 Å². The summed E-state index contributed by atoms with van der Waals surface area (Å²) < 4.78 is 17.3. The van der Waals surface area contributed by atoms with Gasteiger partial charge in [0.25, 0.3) is 0 Å². The van der Waals surface area contributed by atoms with Crippen molar-refractivity contribution in [1.82, 2.24) is 0 Å². The van der Waals surface area contributed by atoms with Gasteiger partial charge in [-0.2, -0.15) is 0 Å². The van der Waals surface area contributed by atoms with Crippen LogP contribution in [0.25, 0.3) is 0 Å². The maximum absolute atomic E-state index is 6.02. The Bertz CT molecular complexity index is 353. The monoisotopic (exact) mass is 236 g/mol. The SMILES string of the molecule is COC1=CCCC(B2OC(C)(C)C(C)(C)O2)=C1. The zero-order valence-corrected chi connectivity index (χ0v) is 11.4. The smallest absolute Gasteiger partial charge is 0.490 e. The lowest BCUT2D eigenvalue weighted by Crippen LogP contribution is -2.41. The first-order valence-corrected chi connectivity index (χ1v) is 6.16. The van der Waals surface area contributed by atoms with Gasteiger partial charge in [0, 0.05) is 0 Å². The van der Waals surface area contributed by atoms with Gasteiger partial charge in [0.05, 0.1) is 18.3 Å². The Labute approximate surface area is 104 Å². The molecule has 0 aromatic heterocycles. The normalized spacial score (nSPS) is 26.5. The van der Waals surface area contributed by atoms with E-state index < -0.39 is 0 Å². The Morgan fingerprint density at radius 1 is 1.18 bits per heavy atom. The van der Waals surface area contributed by atoms with Crippen LogP contribution in [0.2, 0.25) is 0 Å². The standard InChI is InChI=1S/C13H21BO3/c1-12(2)13(3,4)17-14(16-12)10-7-6-8-11(9-10)15-5/h8-9H,6-7H2,1-5H3. The average molecular weight is 236 g/mol. The molecule has 0 unspecified atom stereocenters. The summed E-state index contributed by atoms with van der Waals surface area (Å²) >= 11 is 0. The minimum absolute atomic E-state index is 0.237. The van der Waals surface area contributed by atoms with Gasteiger partial charge >= 0.3 is 7.12 Å². The van der Waals surface area contributed by atoms with Crippen molar-refractivity contribution in [3.8, 4) is 0 Å². The zero-order chi connectivity index (χ0) is 12.7. The third-order valence-corrected chi connectivity index (χ3v) is 3.90. The number of rotatable bonds is 2. The summed E-state index contributed by atoms with van der Waals surface area (Å²) in [7, 11) is 1.45. The lowest BCUT2D eigenvalue weighted by atomic mass is 9.74. The first-order valence-electron chi connectivity index (χ1n) is 6.16. The van der Waals surface area contributed by atoms with E-state index in [0.29, 0.717) is 0 Å². The molecule has 0 radical (unpaired) electrons. The van der Waals surface area contributed by atoms with Gasteiger partial charge in [0.2, 0.25) is 0 Å². The molecule has 17 heavy (non-hydrogen) atoms. The van der Waals surface area contributed by atoms with Crippen LogP contribution in [0.3, 0.4) is 0 Å². The highest BCUT2D eigenvalue weighted by molar-refractivity contribution is 6.54. The molecule has 0 bridgehead atoms. The summed E-state index contributed by atoms with van der Waals surface area (Å²) in [4.78, 5) is 0. The van der Waals surface area contributed by atoms with Gasteiger partial charge in [0.1, 0.15) is 5.76 Å². The molecule has 94 valence electrons. The van der Waals surface area contributed by atoms with E-state index in [1.807, 2.05) is 6.08 Å². The number of allylic oxidation sites excluding steroid dienone is 3. The van der Waals surface area contributed by atoms with Gasteiger partial charge in [-0.1, -0.05) is 0 Å². The lowest BCUT2D eigenvalue weighted by Gasteiger charge is -2.32. The van der Waals surface area contributed by atoms with Crippen LogP contribution < -0.4 is 0 Å². The lowest BCUT2D eigenvalue weighted by molar-refractivity contribution is 0.00578. The molecule has 4 heteroatoms. The van der Waals surface area contributed by atoms with Crippen LogP contribution in [-0.4, -0.2) is 25.4 Å². The molecule has 1 aliphatic carbocycles. The van der Waals surface area contributed by atoms with Crippen molar-refractivity contribution < 1.29 is 14.0 Å². The van der Waals surface area contributed by atoms with Gasteiger partial charge in [-0.15, -0.1) is 0 Å². The van der Waals surface area contributed by atoms with Crippen molar-refractivity contribution >= 4 is 7.12 Å². The predicted molar refractivity (Wildman–Crippen MR) is 68.5 cm³/mol. The fraction of sp³-hybridized carbons (Fsp3) is 0.692. The fourth-order valence-electron chi connectivity index (χ4n) is 2.02. The third kappa shape index (κ3) is 2.29. The molecule has 1 saturated heterocycles. The maximum atomic E-state index is 6.02. The molecule has 0 atom stereocenters. The Morgan fingerprint density at radius 3 is 2.29 bits per heavy atom. The van der Waals surface area contributed by atoms with Crippen molar-refractivity contribution in [3.63, 3.8) is 0 Å². The quantitative estimate of drug-likeness (QED) is 0.690. The van der Waals surface area contributed by atoms with Crippen molar-refractivity contribution in [3.05, 3.63) is 23.4 Å². The highest BCUT2D eigenvalue weighted by Gasteiger charge is 2.52. The summed E-state index contributed by atoms with van der Waals surface area (Å²) in [5.41, 5.74) is 0.628. The second-order valence-corrected chi connectivity index (χ2v) is 5.66. The Morgan fingerprint density at radius 2 is 1.76 bits per heavy atom. The molecule has 3 nitrogen and oxygen atoms in total. The van der Waals surface area contributed by atoms with Gasteiger partial charge in [-0.25, -0.2) is 0 Å². The third-order valence-electron chi connectivity index (χ3n) is 3.90. The van der Waals surface area contributed by atoms with Crippen LogP contribution in [0.1, 0.15) is 40.5 Å². The van der Waals surface area contributed by atoms with Crippen LogP contribution in [0.15, 0.2) is 23.4 Å². The van der Waals surface area contributed by atoms with Crippen LogP contribution >= 0.6 is 0 Å². The van der Waals surface area contributed by atoms with Gasteiger partial charge in [0.15, 0.2) is 0 Å². The van der Waals surface area contributed by atoms with E-state index in [4.69, 9.17) is 14.0 Å². The summed E-state index contributed by atoms with van der Waals surface area (Å²) in [6, 6.07) is 0. The molecule has 0 spiro atoms. The molecule has 0 aromatic carbocycles. The summed E-state index contributed by atoms with van der Waals surface area (Å²) in [6.07, 6.45) is 6.09. The summed E-state index contributed by atoms with van der Waals surface area (Å²) in [6.45, 7) is 8.29. The first-order chi connectivity index (χ1) is 7.86. The predicted octanol–water partition coefficient (Wildman–Crippen LogP) is 2.87. The van der Waals surface area contributed by atoms with Gasteiger partial charge in [-0.3, -0.25) is 0 Å². The number of hydrogen-bond acceptors (Lipinski definition) is 3. The topological polar surface area (TPSA) is 27.7 Å². The molecular weight excluding hydrogens is 215 g/mol. The molecule has 0 saturated carbocycles. The largest absolute Gasteiger partial charge is 0.497 e. The van der Waals surface area contributed by atoms with Crippen LogP contribution in [0.4, 0.5) is 0 Å². The Balaban J connectivity index is 2.16. The number of ether oxygens (including phenoxy) is 1. The number of hydrogen-bond donors (Lipinski definition) is 0. The molecule has 0 N–H and O–H groups in total. The van der Waals surface area contributed by atoms with Crippen molar-refractivity contribution in [1.29, 1.82) is 0 Å². The van der Waals surface area contributed by atoms with Crippen molar-refractivity contribution in [2.45, 2.75) is 51.7 Å². The Kier molecular flexibility index (Phi) is 3.13. The van der Waals surface area contributed by atoms with E-state index in [2.05, 4.69) is 33.8 Å². The fourth-order valence-corrected chi connectivity index (χ4v) is 2.02. The average Bonchev–Trinajstić information content (AvgIpc) is 2.48. The molecule has 0 aromatic rings. The zero-order valence-electron chi connectivity index (χ0n) is 11.4. The van der Waals surface area contributed by atoms with Crippen molar-refractivity contribution in [2.24, 2.45) is 0 Å². The van der Waals surface area contributed by atoms with Crippen LogP contribution in [-0.2, 0) is 14.0 Å². The van der Waals surface area contributed by atoms with Crippen LogP contribution in [0, 0.1) is 0 Å². The van der Waals surface area contributed by atoms with Crippen LogP contribution in [0.5, 0.6) is 0 Å². The molecule has 2 rings (SSSR count).